The molecule has 9 aromatic rings. The van der Waals surface area contributed by atoms with Gasteiger partial charge in [-0.15, -0.1) is 0 Å². The number of benzene rings is 8. The molecule has 0 fully saturated rings. The van der Waals surface area contributed by atoms with Gasteiger partial charge in [-0.25, -0.2) is 0 Å². The SMILES string of the molecule is CC(C)(C)c1c(-c2cccc(N(c3ccc(-c4ccc5ccccc5c4)cc3)c3ccc(-c4ccccc4-c4ccccc4)cc3)c2)oc2ccccc12. The zero-order valence-corrected chi connectivity index (χ0v) is 30.8. The highest BCUT2D eigenvalue weighted by atomic mass is 16.3. The monoisotopic (exact) mass is 695 g/mol. The van der Waals surface area contributed by atoms with E-state index in [1.807, 2.05) is 6.07 Å². The number of furan rings is 1. The molecule has 0 unspecified atom stereocenters. The van der Waals surface area contributed by atoms with Gasteiger partial charge < -0.3 is 9.32 Å². The van der Waals surface area contributed by atoms with Gasteiger partial charge in [0.25, 0.3) is 0 Å². The van der Waals surface area contributed by atoms with Crippen LogP contribution in [0.5, 0.6) is 0 Å². The molecule has 54 heavy (non-hydrogen) atoms. The van der Waals surface area contributed by atoms with Crippen LogP contribution in [-0.4, -0.2) is 0 Å². The van der Waals surface area contributed by atoms with Gasteiger partial charge in [-0.2, -0.15) is 0 Å². The third kappa shape index (κ3) is 6.27. The Hall–Kier alpha value is -6.64. The minimum Gasteiger partial charge on any atom is -0.456 e. The Kier molecular flexibility index (Phi) is 8.44. The first-order chi connectivity index (χ1) is 26.4. The van der Waals surface area contributed by atoms with Crippen LogP contribution in [-0.2, 0) is 5.41 Å². The van der Waals surface area contributed by atoms with Crippen molar-refractivity contribution in [1.29, 1.82) is 0 Å². The Morgan fingerprint density at radius 1 is 0.389 bits per heavy atom. The van der Waals surface area contributed by atoms with Gasteiger partial charge in [0.15, 0.2) is 0 Å². The average molecular weight is 696 g/mol. The van der Waals surface area contributed by atoms with Gasteiger partial charge in [0, 0.05) is 33.6 Å². The van der Waals surface area contributed by atoms with Crippen LogP contribution in [0, 0.1) is 0 Å². The van der Waals surface area contributed by atoms with Crippen LogP contribution in [0.3, 0.4) is 0 Å². The third-order valence-corrected chi connectivity index (χ3v) is 10.4. The van der Waals surface area contributed by atoms with Gasteiger partial charge in [-0.1, -0.05) is 166 Å². The quantitative estimate of drug-likeness (QED) is 0.165. The van der Waals surface area contributed by atoms with E-state index in [1.54, 1.807) is 0 Å². The molecule has 0 atom stereocenters. The lowest BCUT2D eigenvalue weighted by molar-refractivity contribution is 0.568. The second-order valence-electron chi connectivity index (χ2n) is 15.0. The summed E-state index contributed by atoms with van der Waals surface area (Å²) >= 11 is 0. The lowest BCUT2D eigenvalue weighted by Gasteiger charge is -2.27. The van der Waals surface area contributed by atoms with Crippen LogP contribution in [0.4, 0.5) is 17.1 Å². The van der Waals surface area contributed by atoms with Crippen LogP contribution >= 0.6 is 0 Å². The van der Waals surface area contributed by atoms with E-state index in [2.05, 4.69) is 214 Å². The van der Waals surface area contributed by atoms with Crippen LogP contribution in [0.2, 0.25) is 0 Å². The Morgan fingerprint density at radius 3 is 1.65 bits per heavy atom. The van der Waals surface area contributed by atoms with Gasteiger partial charge in [0.2, 0.25) is 0 Å². The first-order valence-corrected chi connectivity index (χ1v) is 18.7. The molecule has 2 heteroatoms. The molecular formula is C52H41NO. The molecule has 0 aliphatic carbocycles. The fraction of sp³-hybridized carbons (Fsp3) is 0.0769. The maximum absolute atomic E-state index is 6.65. The molecule has 1 heterocycles. The highest BCUT2D eigenvalue weighted by Crippen LogP contribution is 2.44. The largest absolute Gasteiger partial charge is 0.456 e. The molecule has 9 rings (SSSR count). The van der Waals surface area contributed by atoms with Crippen molar-refractivity contribution in [3.63, 3.8) is 0 Å². The summed E-state index contributed by atoms with van der Waals surface area (Å²) < 4.78 is 6.65. The summed E-state index contributed by atoms with van der Waals surface area (Å²) in [6, 6.07) is 69.6. The zero-order chi connectivity index (χ0) is 36.6. The number of fused-ring (bicyclic) bond motifs is 2. The van der Waals surface area contributed by atoms with E-state index < -0.39 is 0 Å². The maximum Gasteiger partial charge on any atom is 0.139 e. The number of hydrogen-bond acceptors (Lipinski definition) is 2. The summed E-state index contributed by atoms with van der Waals surface area (Å²) in [6.45, 7) is 6.79. The Balaban J connectivity index is 1.15. The molecule has 0 radical (unpaired) electrons. The first kappa shape index (κ1) is 33.2. The topological polar surface area (TPSA) is 16.4 Å². The second-order valence-corrected chi connectivity index (χ2v) is 15.0. The Morgan fingerprint density at radius 2 is 0.944 bits per heavy atom. The Bertz CT molecular complexity index is 2730. The van der Waals surface area contributed by atoms with Crippen molar-refractivity contribution in [1.82, 2.24) is 0 Å². The van der Waals surface area contributed by atoms with Crippen LogP contribution < -0.4 is 4.90 Å². The first-order valence-electron chi connectivity index (χ1n) is 18.7. The summed E-state index contributed by atoms with van der Waals surface area (Å²) in [7, 11) is 0. The van der Waals surface area contributed by atoms with Crippen LogP contribution in [0.1, 0.15) is 26.3 Å². The van der Waals surface area contributed by atoms with Crippen LogP contribution in [0.25, 0.3) is 66.4 Å². The third-order valence-electron chi connectivity index (χ3n) is 10.4. The average Bonchev–Trinajstić information content (AvgIpc) is 3.63. The summed E-state index contributed by atoms with van der Waals surface area (Å²) in [5.74, 6) is 0.921. The predicted octanol–water partition coefficient (Wildman–Crippen LogP) is 15.0. The fourth-order valence-corrected chi connectivity index (χ4v) is 7.79. The van der Waals surface area contributed by atoms with E-state index in [4.69, 9.17) is 4.42 Å². The van der Waals surface area contributed by atoms with Crippen molar-refractivity contribution in [3.05, 3.63) is 200 Å². The molecule has 0 N–H and O–H groups in total. The number of nitrogens with zero attached hydrogens (tertiary/aromatic N) is 1. The van der Waals surface area contributed by atoms with E-state index in [0.29, 0.717) is 0 Å². The lowest BCUT2D eigenvalue weighted by atomic mass is 9.83. The van der Waals surface area contributed by atoms with Crippen molar-refractivity contribution in [3.8, 4) is 44.7 Å². The fourth-order valence-electron chi connectivity index (χ4n) is 7.79. The number of anilines is 3. The smallest absolute Gasteiger partial charge is 0.139 e. The van der Waals surface area contributed by atoms with Crippen molar-refractivity contribution in [2.45, 2.75) is 26.2 Å². The molecular weight excluding hydrogens is 655 g/mol. The van der Waals surface area contributed by atoms with E-state index >= 15 is 0 Å². The highest BCUT2D eigenvalue weighted by Gasteiger charge is 2.26. The van der Waals surface area contributed by atoms with Crippen molar-refractivity contribution in [2.75, 3.05) is 4.90 Å². The van der Waals surface area contributed by atoms with Crippen molar-refractivity contribution < 1.29 is 4.42 Å². The van der Waals surface area contributed by atoms with Gasteiger partial charge in [-0.05, 0) is 98.1 Å². The minimum absolute atomic E-state index is 0.109. The van der Waals surface area contributed by atoms with Gasteiger partial charge in [0.05, 0.1) is 0 Å². The lowest BCUT2D eigenvalue weighted by Crippen LogP contribution is -2.12. The minimum atomic E-state index is -0.109. The van der Waals surface area contributed by atoms with Gasteiger partial charge >= 0.3 is 0 Å². The van der Waals surface area contributed by atoms with E-state index in [0.717, 1.165) is 39.4 Å². The normalized spacial score (nSPS) is 11.6. The number of hydrogen-bond donors (Lipinski definition) is 0. The number of rotatable bonds is 7. The second kappa shape index (κ2) is 13.7. The summed E-state index contributed by atoms with van der Waals surface area (Å²) in [4.78, 5) is 2.35. The standard InChI is InChI=1S/C52H41NO/c1-52(2,3)50-48-22-11-12-23-49(48)54-51(50)42-18-13-19-45(35-42)53(43-30-26-37(27-31-43)41-25-24-36-14-7-8-17-40(36)34-41)44-32-28-39(29-33-44)47-21-10-9-20-46(47)38-15-5-4-6-16-38/h4-35H,1-3H3. The van der Waals surface area contributed by atoms with Gasteiger partial charge in [0.1, 0.15) is 11.3 Å². The molecule has 260 valence electrons. The Labute approximate surface area is 317 Å². The molecule has 1 aromatic heterocycles. The summed E-state index contributed by atoms with van der Waals surface area (Å²) in [6.07, 6.45) is 0. The molecule has 0 bridgehead atoms. The van der Waals surface area contributed by atoms with E-state index in [1.165, 1.54) is 49.7 Å². The molecule has 0 spiro atoms. The molecule has 2 nitrogen and oxygen atoms in total. The molecule has 0 aliphatic rings. The number of para-hydroxylation sites is 1. The van der Waals surface area contributed by atoms with Crippen LogP contribution in [0.15, 0.2) is 199 Å². The summed E-state index contributed by atoms with van der Waals surface area (Å²) in [5, 5.41) is 3.66. The summed E-state index contributed by atoms with van der Waals surface area (Å²) in [5.41, 5.74) is 13.5. The van der Waals surface area contributed by atoms with E-state index in [9.17, 15) is 0 Å². The molecule has 8 aromatic carbocycles. The van der Waals surface area contributed by atoms with Crippen molar-refractivity contribution >= 4 is 38.8 Å². The van der Waals surface area contributed by atoms with E-state index in [-0.39, 0.29) is 5.41 Å². The molecule has 0 amide bonds. The zero-order valence-electron chi connectivity index (χ0n) is 30.8. The highest BCUT2D eigenvalue weighted by molar-refractivity contribution is 5.91. The van der Waals surface area contributed by atoms with Crippen molar-refractivity contribution in [2.24, 2.45) is 0 Å². The molecule has 0 saturated carbocycles. The van der Waals surface area contributed by atoms with Gasteiger partial charge in [-0.3, -0.25) is 0 Å². The maximum atomic E-state index is 6.65. The molecule has 0 aliphatic heterocycles. The molecule has 0 saturated heterocycles. The predicted molar refractivity (Wildman–Crippen MR) is 229 cm³/mol.